The van der Waals surface area contributed by atoms with E-state index in [0.717, 1.165) is 20.8 Å². The fraction of sp³-hybridized carbons (Fsp3) is 0.0667. The Morgan fingerprint density at radius 2 is 1.89 bits per heavy atom. The number of carbonyl (C=O) groups is 1. The molecule has 0 aliphatic carbocycles. The van der Waals surface area contributed by atoms with Crippen LogP contribution in [0.4, 0.5) is 0 Å². The molecule has 3 nitrogen and oxygen atoms in total. The first-order chi connectivity index (χ1) is 9.22. The van der Waals surface area contributed by atoms with Crippen molar-refractivity contribution in [1.82, 2.24) is 4.98 Å². The standard InChI is InChI=1S/C15H12N2OS/c16-14(18)9-15-17-12-7-6-11(8-13(12)19-15)10-4-2-1-3-5-10/h1-8H,9H2,(H2,16,18). The van der Waals surface area contributed by atoms with Crippen molar-refractivity contribution in [3.8, 4) is 11.1 Å². The number of benzene rings is 2. The van der Waals surface area contributed by atoms with E-state index in [1.807, 2.05) is 30.3 Å². The minimum atomic E-state index is -0.345. The van der Waals surface area contributed by atoms with Crippen molar-refractivity contribution >= 4 is 27.5 Å². The molecule has 2 N–H and O–H groups in total. The van der Waals surface area contributed by atoms with Gasteiger partial charge in [0.1, 0.15) is 5.01 Å². The first kappa shape index (κ1) is 11.9. The molecule has 0 aliphatic heterocycles. The van der Waals surface area contributed by atoms with Crippen molar-refractivity contribution in [3.63, 3.8) is 0 Å². The fourth-order valence-electron chi connectivity index (χ4n) is 2.01. The minimum Gasteiger partial charge on any atom is -0.369 e. The van der Waals surface area contributed by atoms with Crippen LogP contribution in [-0.2, 0) is 11.2 Å². The number of rotatable bonds is 3. The predicted octanol–water partition coefficient (Wildman–Crippen LogP) is 2.99. The Morgan fingerprint density at radius 3 is 2.63 bits per heavy atom. The van der Waals surface area contributed by atoms with E-state index in [1.165, 1.54) is 16.9 Å². The monoisotopic (exact) mass is 268 g/mol. The molecule has 4 heteroatoms. The second kappa shape index (κ2) is 4.82. The van der Waals surface area contributed by atoms with Gasteiger partial charge in [-0.1, -0.05) is 36.4 Å². The molecule has 0 aliphatic rings. The van der Waals surface area contributed by atoms with E-state index in [0.29, 0.717) is 0 Å². The van der Waals surface area contributed by atoms with E-state index in [1.54, 1.807) is 0 Å². The first-order valence-electron chi connectivity index (χ1n) is 5.95. The van der Waals surface area contributed by atoms with Crippen molar-refractivity contribution in [1.29, 1.82) is 0 Å². The summed E-state index contributed by atoms with van der Waals surface area (Å²) >= 11 is 1.52. The average molecular weight is 268 g/mol. The third-order valence-corrected chi connectivity index (χ3v) is 3.88. The van der Waals surface area contributed by atoms with Gasteiger partial charge in [0.2, 0.25) is 5.91 Å². The Bertz CT molecular complexity index is 734. The van der Waals surface area contributed by atoms with E-state index in [9.17, 15) is 4.79 Å². The molecule has 3 aromatic rings. The van der Waals surface area contributed by atoms with Crippen LogP contribution >= 0.6 is 11.3 Å². The lowest BCUT2D eigenvalue weighted by Gasteiger charge is -2.00. The smallest absolute Gasteiger partial charge is 0.224 e. The molecular weight excluding hydrogens is 256 g/mol. The van der Waals surface area contributed by atoms with Crippen LogP contribution in [0.3, 0.4) is 0 Å². The highest BCUT2D eigenvalue weighted by Gasteiger charge is 2.07. The molecule has 94 valence electrons. The van der Waals surface area contributed by atoms with Gasteiger partial charge in [-0.05, 0) is 23.3 Å². The number of hydrogen-bond donors (Lipinski definition) is 1. The van der Waals surface area contributed by atoms with Gasteiger partial charge in [-0.25, -0.2) is 4.98 Å². The van der Waals surface area contributed by atoms with Crippen LogP contribution in [0.25, 0.3) is 21.3 Å². The molecule has 2 aromatic carbocycles. The Morgan fingerprint density at radius 1 is 1.11 bits per heavy atom. The molecule has 0 fully saturated rings. The predicted molar refractivity (Wildman–Crippen MR) is 78.0 cm³/mol. The van der Waals surface area contributed by atoms with Gasteiger partial charge in [0.15, 0.2) is 0 Å². The Labute approximate surface area is 114 Å². The van der Waals surface area contributed by atoms with Crippen molar-refractivity contribution in [2.24, 2.45) is 5.73 Å². The lowest BCUT2D eigenvalue weighted by molar-refractivity contribution is -0.117. The molecule has 3 rings (SSSR count). The Hall–Kier alpha value is -2.20. The number of hydrogen-bond acceptors (Lipinski definition) is 3. The molecule has 0 bridgehead atoms. The summed E-state index contributed by atoms with van der Waals surface area (Å²) in [4.78, 5) is 15.3. The van der Waals surface area contributed by atoms with Crippen LogP contribution < -0.4 is 5.73 Å². The lowest BCUT2D eigenvalue weighted by Crippen LogP contribution is -2.13. The van der Waals surface area contributed by atoms with E-state index < -0.39 is 0 Å². The molecule has 0 saturated carbocycles. The molecule has 0 radical (unpaired) electrons. The zero-order chi connectivity index (χ0) is 13.2. The largest absolute Gasteiger partial charge is 0.369 e. The number of aromatic nitrogens is 1. The highest BCUT2D eigenvalue weighted by atomic mass is 32.1. The van der Waals surface area contributed by atoms with Gasteiger partial charge in [-0.2, -0.15) is 0 Å². The van der Waals surface area contributed by atoms with Gasteiger partial charge >= 0.3 is 0 Å². The highest BCUT2D eigenvalue weighted by Crippen LogP contribution is 2.28. The maximum absolute atomic E-state index is 10.9. The summed E-state index contributed by atoms with van der Waals surface area (Å²) in [5, 5.41) is 0.771. The average Bonchev–Trinajstić information content (AvgIpc) is 2.79. The minimum absolute atomic E-state index is 0.208. The number of carbonyl (C=O) groups excluding carboxylic acids is 1. The van der Waals surface area contributed by atoms with Gasteiger partial charge in [0, 0.05) is 0 Å². The summed E-state index contributed by atoms with van der Waals surface area (Å²) in [5.74, 6) is -0.345. The Balaban J connectivity index is 2.03. The van der Waals surface area contributed by atoms with Gasteiger partial charge < -0.3 is 5.73 Å². The molecule has 0 atom stereocenters. The molecule has 0 unspecified atom stereocenters. The number of nitrogens with two attached hydrogens (primary N) is 1. The number of thiazole rings is 1. The molecule has 1 amide bonds. The number of nitrogens with zero attached hydrogens (tertiary/aromatic N) is 1. The van der Waals surface area contributed by atoms with Crippen LogP contribution in [0.5, 0.6) is 0 Å². The van der Waals surface area contributed by atoms with Gasteiger partial charge in [-0.3, -0.25) is 4.79 Å². The van der Waals surface area contributed by atoms with Crippen molar-refractivity contribution < 1.29 is 4.79 Å². The van der Waals surface area contributed by atoms with E-state index >= 15 is 0 Å². The van der Waals surface area contributed by atoms with E-state index in [-0.39, 0.29) is 12.3 Å². The molecule has 0 spiro atoms. The normalized spacial score (nSPS) is 10.7. The summed E-state index contributed by atoms with van der Waals surface area (Å²) in [5.41, 5.74) is 8.44. The van der Waals surface area contributed by atoms with Gasteiger partial charge in [-0.15, -0.1) is 11.3 Å². The number of primary amides is 1. The molecular formula is C15H12N2OS. The summed E-state index contributed by atoms with van der Waals surface area (Å²) in [6, 6.07) is 16.3. The Kier molecular flexibility index (Phi) is 3.01. The van der Waals surface area contributed by atoms with Crippen molar-refractivity contribution in [3.05, 3.63) is 53.5 Å². The molecule has 1 aromatic heterocycles. The van der Waals surface area contributed by atoms with E-state index in [4.69, 9.17) is 5.73 Å². The lowest BCUT2D eigenvalue weighted by atomic mass is 10.1. The highest BCUT2D eigenvalue weighted by molar-refractivity contribution is 7.18. The maximum atomic E-state index is 10.9. The summed E-state index contributed by atoms with van der Waals surface area (Å²) in [6.07, 6.45) is 0.208. The van der Waals surface area contributed by atoms with Crippen LogP contribution in [-0.4, -0.2) is 10.9 Å². The number of amides is 1. The van der Waals surface area contributed by atoms with Gasteiger partial charge in [0.05, 0.1) is 16.6 Å². The third kappa shape index (κ3) is 2.48. The zero-order valence-electron chi connectivity index (χ0n) is 10.2. The van der Waals surface area contributed by atoms with Gasteiger partial charge in [0.25, 0.3) is 0 Å². The second-order valence-corrected chi connectivity index (χ2v) is 5.41. The summed E-state index contributed by atoms with van der Waals surface area (Å²) in [7, 11) is 0. The fourth-order valence-corrected chi connectivity index (χ4v) is 3.02. The first-order valence-corrected chi connectivity index (χ1v) is 6.77. The van der Waals surface area contributed by atoms with Crippen LogP contribution in [0, 0.1) is 0 Å². The molecule has 19 heavy (non-hydrogen) atoms. The second-order valence-electron chi connectivity index (χ2n) is 4.30. The maximum Gasteiger partial charge on any atom is 0.224 e. The molecule has 1 heterocycles. The topological polar surface area (TPSA) is 56.0 Å². The summed E-state index contributed by atoms with van der Waals surface area (Å²) < 4.78 is 1.08. The van der Waals surface area contributed by atoms with E-state index in [2.05, 4.69) is 23.2 Å². The third-order valence-electron chi connectivity index (χ3n) is 2.87. The SMILES string of the molecule is NC(=O)Cc1nc2ccc(-c3ccccc3)cc2s1. The van der Waals surface area contributed by atoms with Crippen LogP contribution in [0.2, 0.25) is 0 Å². The summed E-state index contributed by atoms with van der Waals surface area (Å²) in [6.45, 7) is 0. The van der Waals surface area contributed by atoms with Crippen LogP contribution in [0.1, 0.15) is 5.01 Å². The zero-order valence-corrected chi connectivity index (χ0v) is 11.0. The van der Waals surface area contributed by atoms with Crippen LogP contribution in [0.15, 0.2) is 48.5 Å². The quantitative estimate of drug-likeness (QED) is 0.794. The van der Waals surface area contributed by atoms with Crippen molar-refractivity contribution in [2.75, 3.05) is 0 Å². The van der Waals surface area contributed by atoms with Crippen molar-refractivity contribution in [2.45, 2.75) is 6.42 Å². The number of fused-ring (bicyclic) bond motifs is 1. The molecule has 0 saturated heterocycles.